The van der Waals surface area contributed by atoms with Gasteiger partial charge in [-0.25, -0.2) is 0 Å². The number of ether oxygens (including phenoxy) is 1. The first-order chi connectivity index (χ1) is 11.9. The molecule has 2 fully saturated rings. The molecule has 0 aromatic heterocycles. The van der Waals surface area contributed by atoms with Crippen molar-refractivity contribution in [2.24, 2.45) is 11.8 Å². The Morgan fingerprint density at radius 2 is 1.96 bits per heavy atom. The van der Waals surface area contributed by atoms with Gasteiger partial charge in [0, 0.05) is 18.2 Å². The molecule has 1 saturated carbocycles. The minimum Gasteiger partial charge on any atom is -0.497 e. The Balaban J connectivity index is 1.73. The standard InChI is InChI=1S/C20H28N2O3/c1-5-6-14-11-17(14)19(24)21-12-18(23)22(20(2,3)13-21)15-7-9-16(25-4)10-8-15/h7-10,14,17H,5-6,11-13H2,1-4H3/t14-,17+/m1/s1. The summed E-state index contributed by atoms with van der Waals surface area (Å²) < 4.78 is 5.19. The highest BCUT2D eigenvalue weighted by molar-refractivity contribution is 5.99. The van der Waals surface area contributed by atoms with Crippen LogP contribution in [0.5, 0.6) is 5.75 Å². The summed E-state index contributed by atoms with van der Waals surface area (Å²) in [5.74, 6) is 1.56. The number of piperazine rings is 1. The third-order valence-corrected chi connectivity index (χ3v) is 5.30. The van der Waals surface area contributed by atoms with Gasteiger partial charge in [-0.1, -0.05) is 13.3 Å². The van der Waals surface area contributed by atoms with Crippen molar-refractivity contribution < 1.29 is 14.3 Å². The monoisotopic (exact) mass is 344 g/mol. The minimum atomic E-state index is -0.436. The maximum Gasteiger partial charge on any atom is 0.247 e. The van der Waals surface area contributed by atoms with Crippen molar-refractivity contribution >= 4 is 17.5 Å². The lowest BCUT2D eigenvalue weighted by Gasteiger charge is -2.46. The van der Waals surface area contributed by atoms with Gasteiger partial charge in [0.2, 0.25) is 11.8 Å². The molecule has 5 nitrogen and oxygen atoms in total. The molecule has 1 aromatic carbocycles. The van der Waals surface area contributed by atoms with E-state index in [1.165, 1.54) is 0 Å². The molecular formula is C20H28N2O3. The fraction of sp³-hybridized carbons (Fsp3) is 0.600. The first-order valence-corrected chi connectivity index (χ1v) is 9.13. The van der Waals surface area contributed by atoms with E-state index in [2.05, 4.69) is 6.92 Å². The summed E-state index contributed by atoms with van der Waals surface area (Å²) in [6.45, 7) is 6.93. The van der Waals surface area contributed by atoms with E-state index in [0.29, 0.717) is 12.5 Å². The number of benzene rings is 1. The Bertz CT molecular complexity index is 653. The smallest absolute Gasteiger partial charge is 0.247 e. The van der Waals surface area contributed by atoms with Crippen LogP contribution in [0.15, 0.2) is 24.3 Å². The van der Waals surface area contributed by atoms with Crippen LogP contribution in [0, 0.1) is 11.8 Å². The second-order valence-electron chi connectivity index (χ2n) is 7.82. The third-order valence-electron chi connectivity index (χ3n) is 5.30. The van der Waals surface area contributed by atoms with Gasteiger partial charge < -0.3 is 14.5 Å². The normalized spacial score (nSPS) is 25.0. The number of methoxy groups -OCH3 is 1. The zero-order chi connectivity index (χ0) is 18.2. The highest BCUT2D eigenvalue weighted by Gasteiger charge is 2.48. The van der Waals surface area contributed by atoms with Gasteiger partial charge in [0.05, 0.1) is 12.6 Å². The van der Waals surface area contributed by atoms with Crippen LogP contribution < -0.4 is 9.64 Å². The van der Waals surface area contributed by atoms with Crippen molar-refractivity contribution in [3.8, 4) is 5.75 Å². The molecule has 1 heterocycles. The summed E-state index contributed by atoms with van der Waals surface area (Å²) in [5.41, 5.74) is 0.410. The summed E-state index contributed by atoms with van der Waals surface area (Å²) >= 11 is 0. The maximum atomic E-state index is 12.8. The van der Waals surface area contributed by atoms with Gasteiger partial charge in [-0.2, -0.15) is 0 Å². The molecule has 0 N–H and O–H groups in total. The van der Waals surface area contributed by atoms with Crippen molar-refractivity contribution in [1.29, 1.82) is 0 Å². The van der Waals surface area contributed by atoms with E-state index >= 15 is 0 Å². The first-order valence-electron chi connectivity index (χ1n) is 9.13. The zero-order valence-electron chi connectivity index (χ0n) is 15.6. The predicted octanol–water partition coefficient (Wildman–Crippen LogP) is 3.09. The van der Waals surface area contributed by atoms with Crippen LogP contribution in [0.2, 0.25) is 0 Å². The molecule has 1 saturated heterocycles. The van der Waals surface area contributed by atoms with E-state index in [4.69, 9.17) is 4.74 Å². The molecule has 3 rings (SSSR count). The van der Waals surface area contributed by atoms with Crippen LogP contribution in [-0.4, -0.2) is 42.5 Å². The Morgan fingerprint density at radius 3 is 2.52 bits per heavy atom. The van der Waals surface area contributed by atoms with Gasteiger partial charge in [-0.05, 0) is 56.9 Å². The van der Waals surface area contributed by atoms with Crippen molar-refractivity contribution in [2.75, 3.05) is 25.1 Å². The van der Waals surface area contributed by atoms with Crippen LogP contribution in [0.4, 0.5) is 5.69 Å². The average molecular weight is 344 g/mol. The molecule has 2 aliphatic rings. The average Bonchev–Trinajstić information content (AvgIpc) is 3.33. The number of anilines is 1. The van der Waals surface area contributed by atoms with Crippen LogP contribution in [0.25, 0.3) is 0 Å². The molecule has 1 aromatic rings. The third kappa shape index (κ3) is 3.51. The van der Waals surface area contributed by atoms with E-state index in [1.807, 2.05) is 43.0 Å². The zero-order valence-corrected chi connectivity index (χ0v) is 15.6. The molecule has 0 unspecified atom stereocenters. The minimum absolute atomic E-state index is 0.0255. The topological polar surface area (TPSA) is 49.9 Å². The molecule has 0 radical (unpaired) electrons. The van der Waals surface area contributed by atoms with E-state index in [0.717, 1.165) is 30.7 Å². The summed E-state index contributed by atoms with van der Waals surface area (Å²) in [7, 11) is 1.62. The highest BCUT2D eigenvalue weighted by atomic mass is 16.5. The lowest BCUT2D eigenvalue weighted by Crippen LogP contribution is -2.63. The van der Waals surface area contributed by atoms with Crippen molar-refractivity contribution in [2.45, 2.75) is 45.6 Å². The Labute approximate surface area is 149 Å². The first kappa shape index (κ1) is 17.8. The quantitative estimate of drug-likeness (QED) is 0.825. The van der Waals surface area contributed by atoms with E-state index in [-0.39, 0.29) is 24.3 Å². The summed E-state index contributed by atoms with van der Waals surface area (Å²) in [4.78, 5) is 29.2. The van der Waals surface area contributed by atoms with Crippen LogP contribution in [0.1, 0.15) is 40.0 Å². The highest BCUT2D eigenvalue weighted by Crippen LogP contribution is 2.44. The van der Waals surface area contributed by atoms with E-state index in [9.17, 15) is 9.59 Å². The van der Waals surface area contributed by atoms with Crippen molar-refractivity contribution in [3.05, 3.63) is 24.3 Å². The van der Waals surface area contributed by atoms with Crippen LogP contribution >= 0.6 is 0 Å². The number of hydrogen-bond donors (Lipinski definition) is 0. The van der Waals surface area contributed by atoms with Crippen molar-refractivity contribution in [1.82, 2.24) is 4.90 Å². The van der Waals surface area contributed by atoms with Crippen LogP contribution in [0.3, 0.4) is 0 Å². The lowest BCUT2D eigenvalue weighted by molar-refractivity contribution is -0.140. The van der Waals surface area contributed by atoms with Gasteiger partial charge >= 0.3 is 0 Å². The molecule has 136 valence electrons. The molecule has 0 bridgehead atoms. The fourth-order valence-corrected chi connectivity index (χ4v) is 4.02. The second-order valence-corrected chi connectivity index (χ2v) is 7.82. The Kier molecular flexibility index (Phi) is 4.76. The molecule has 0 spiro atoms. The fourth-order valence-electron chi connectivity index (χ4n) is 4.02. The number of amides is 2. The van der Waals surface area contributed by atoms with E-state index in [1.54, 1.807) is 12.0 Å². The number of carbonyl (C=O) groups is 2. The Hall–Kier alpha value is -2.04. The van der Waals surface area contributed by atoms with Crippen LogP contribution in [-0.2, 0) is 9.59 Å². The SMILES string of the molecule is CCC[C@@H]1C[C@@H]1C(=O)N1CC(=O)N(c2ccc(OC)cc2)C(C)(C)C1. The van der Waals surface area contributed by atoms with Gasteiger partial charge in [-0.3, -0.25) is 9.59 Å². The number of hydrogen-bond acceptors (Lipinski definition) is 3. The molecule has 2 amide bonds. The number of rotatable bonds is 5. The number of nitrogens with zero attached hydrogens (tertiary/aromatic N) is 2. The maximum absolute atomic E-state index is 12.8. The van der Waals surface area contributed by atoms with Crippen molar-refractivity contribution in [3.63, 3.8) is 0 Å². The van der Waals surface area contributed by atoms with Gasteiger partial charge in [0.15, 0.2) is 0 Å². The summed E-state index contributed by atoms with van der Waals surface area (Å²) in [6, 6.07) is 7.51. The largest absolute Gasteiger partial charge is 0.497 e. The molecule has 1 aliphatic heterocycles. The molecular weight excluding hydrogens is 316 g/mol. The lowest BCUT2D eigenvalue weighted by atomic mass is 9.96. The van der Waals surface area contributed by atoms with Gasteiger partial charge in [0.25, 0.3) is 0 Å². The summed E-state index contributed by atoms with van der Waals surface area (Å²) in [6.07, 6.45) is 3.21. The molecule has 25 heavy (non-hydrogen) atoms. The van der Waals surface area contributed by atoms with Gasteiger partial charge in [-0.15, -0.1) is 0 Å². The molecule has 2 atom stereocenters. The second kappa shape index (κ2) is 6.70. The Morgan fingerprint density at radius 1 is 1.28 bits per heavy atom. The van der Waals surface area contributed by atoms with Gasteiger partial charge in [0.1, 0.15) is 12.3 Å². The number of carbonyl (C=O) groups excluding carboxylic acids is 2. The molecule has 5 heteroatoms. The molecule has 1 aliphatic carbocycles. The van der Waals surface area contributed by atoms with E-state index < -0.39 is 5.54 Å². The predicted molar refractivity (Wildman–Crippen MR) is 97.6 cm³/mol. The summed E-state index contributed by atoms with van der Waals surface area (Å²) in [5, 5.41) is 0.